The predicted octanol–water partition coefficient (Wildman–Crippen LogP) is 13.3. The maximum atomic E-state index is 14.5. The summed E-state index contributed by atoms with van der Waals surface area (Å²) < 4.78 is 173. The van der Waals surface area contributed by atoms with Crippen molar-refractivity contribution in [1.82, 2.24) is 0 Å². The molecule has 5 unspecified atom stereocenters. The normalized spacial score (nSPS) is 52.1. The van der Waals surface area contributed by atoms with Crippen molar-refractivity contribution in [3.8, 4) is 0 Å². The van der Waals surface area contributed by atoms with Gasteiger partial charge >= 0.3 is 280 Å². The van der Waals surface area contributed by atoms with E-state index in [2.05, 4.69) is 48.5 Å². The van der Waals surface area contributed by atoms with Gasteiger partial charge in [-0.25, -0.2) is 0 Å². The third-order valence-corrected chi connectivity index (χ3v) is 75.7. The number of alkyl halides is 12. The molecular weight excluding hydrogens is 778 g/mol. The van der Waals surface area contributed by atoms with E-state index in [1.807, 2.05) is 0 Å². The second-order valence-corrected chi connectivity index (χ2v) is 51.3. The van der Waals surface area contributed by atoms with E-state index in [1.54, 1.807) is 0 Å². The zero-order valence-corrected chi connectivity index (χ0v) is 31.3. The van der Waals surface area contributed by atoms with E-state index in [4.69, 9.17) is 0 Å². The van der Waals surface area contributed by atoms with Gasteiger partial charge in [0.2, 0.25) is 0 Å². The average molecular weight is 814 g/mol. The van der Waals surface area contributed by atoms with Crippen LogP contribution < -0.4 is 10.6 Å². The Morgan fingerprint density at radius 3 is 1.06 bits per heavy atom. The second-order valence-electron chi connectivity index (χ2n) is 21.0. The van der Waals surface area contributed by atoms with Gasteiger partial charge in [0.25, 0.3) is 0 Å². The molecule has 10 heterocycles. The molecule has 0 aromatic heterocycles. The Morgan fingerprint density at radius 2 is 0.824 bits per heavy atom. The zero-order chi connectivity index (χ0) is 37.4. The Labute approximate surface area is 279 Å². The van der Waals surface area contributed by atoms with Crippen molar-refractivity contribution in [1.29, 1.82) is 0 Å². The summed E-state index contributed by atoms with van der Waals surface area (Å²) in [6, 6.07) is 2.62. The van der Waals surface area contributed by atoms with E-state index in [0.717, 1.165) is 0 Å². The molecule has 15 heteroatoms. The molecule has 0 amide bonds. The Balaban J connectivity index is 1.19. The summed E-state index contributed by atoms with van der Waals surface area (Å²) in [5, 5.41) is -1.15. The van der Waals surface area contributed by atoms with Gasteiger partial charge in [-0.3, -0.25) is 0 Å². The Kier molecular flexibility index (Phi) is 3.21. The Hall–Kier alpha value is -1.02. The standard InChI is InChI=1S/C31H31F12P2.C5H5.Fe/c1-17(45(26(2,3)4)27(5,6)7)24-9-8-10-25(24)44(22-13-18(28(32,33)34)11-19(14-22)29(35,36)37)23-15-20(30(38,39)40)12-21(16-23)31(41,42)43;1-2-4-5-3-1;/h8-17H,1-7H3;1-5H;. The van der Waals surface area contributed by atoms with Crippen LogP contribution in [0.5, 0.6) is 0 Å². The first kappa shape index (κ1) is 32.2. The molecule has 10 aliphatic heterocycles. The van der Waals surface area contributed by atoms with Crippen LogP contribution in [0.3, 0.4) is 0 Å². The van der Waals surface area contributed by atoms with Crippen molar-refractivity contribution in [2.75, 3.05) is 0 Å². The average Bonchev–Trinajstić information content (AvgIpc) is 3.88. The van der Waals surface area contributed by atoms with E-state index in [-0.39, 0.29) is 47.8 Å². The van der Waals surface area contributed by atoms with E-state index in [0.29, 0.717) is 58.0 Å². The summed E-state index contributed by atoms with van der Waals surface area (Å²) in [7, 11) is -3.37. The molecule has 10 fully saturated rings. The van der Waals surface area contributed by atoms with Gasteiger partial charge in [-0.2, -0.15) is 0 Å². The molecule has 0 saturated carbocycles. The fourth-order valence-corrected chi connectivity index (χ4v) is 123. The quantitative estimate of drug-likeness (QED) is 0.160. The van der Waals surface area contributed by atoms with Gasteiger partial charge in [0, 0.05) is 0 Å². The SMILES string of the molecule is CC(P(C(C)(C)C)C(C)(C)C)[C@]12[CH]3[CH]4[CH]5[C]1(P(c1cc(C(F)(F)F)cc(C(F)(F)F)c1)c1cc(C(F)(F)F)cc(C(F)(F)F)c1)[Fe]45321678[CH]2[CH]1[CH]6[CH]7[CH]28. The predicted molar refractivity (Wildman–Crippen MR) is 170 cm³/mol. The van der Waals surface area contributed by atoms with Crippen LogP contribution in [0.2, 0.25) is 42.8 Å². The summed E-state index contributed by atoms with van der Waals surface area (Å²) in [6.07, 6.45) is -20.9. The first-order valence-corrected chi connectivity index (χ1v) is 26.1. The van der Waals surface area contributed by atoms with Crippen LogP contribution in [-0.4, -0.2) is 20.0 Å². The second kappa shape index (κ2) is 5.08. The molecule has 0 N–H and O–H groups in total. The molecule has 6 atom stereocenters. The minimum atomic E-state index is -5.23. The topological polar surface area (TPSA) is 0 Å². The van der Waals surface area contributed by atoms with Gasteiger partial charge in [0.1, 0.15) is 0 Å². The number of hydrogen-bond acceptors (Lipinski definition) is 0. The molecule has 282 valence electrons. The van der Waals surface area contributed by atoms with Crippen molar-refractivity contribution < 1.29 is 59.2 Å². The Morgan fingerprint density at radius 1 is 0.510 bits per heavy atom. The van der Waals surface area contributed by atoms with Crippen molar-refractivity contribution in [2.24, 2.45) is 0 Å². The van der Waals surface area contributed by atoms with Crippen LogP contribution in [0.25, 0.3) is 0 Å². The fraction of sp³-hybridized carbons (Fsp3) is 0.667. The van der Waals surface area contributed by atoms with Gasteiger partial charge in [0.15, 0.2) is 0 Å². The van der Waals surface area contributed by atoms with E-state index in [9.17, 15) is 52.7 Å². The molecule has 0 aliphatic carbocycles. The van der Waals surface area contributed by atoms with Gasteiger partial charge < -0.3 is 0 Å². The first-order valence-electron chi connectivity index (χ1n) is 17.1. The first-order chi connectivity index (χ1) is 22.7. The van der Waals surface area contributed by atoms with Crippen LogP contribution in [-0.2, 0) is 31.2 Å². The summed E-state index contributed by atoms with van der Waals surface area (Å²) >= 11 is 0. The molecule has 2 aromatic rings. The Bertz CT molecular complexity index is 2260. The number of fused-ring (bicyclic) bond motifs is 10. The molecule has 1 spiro atoms. The van der Waals surface area contributed by atoms with Crippen molar-refractivity contribution in [3.63, 3.8) is 0 Å². The van der Waals surface area contributed by atoms with Crippen LogP contribution in [0, 0.1) is 0 Å². The van der Waals surface area contributed by atoms with Gasteiger partial charge in [-0.05, 0) is 0 Å². The monoisotopic (exact) mass is 814 g/mol. The molecule has 12 rings (SSSR count). The number of rotatable bonds is 5. The maximum absolute atomic E-state index is 14.5. The van der Waals surface area contributed by atoms with E-state index < -0.39 is 73.4 Å². The van der Waals surface area contributed by atoms with Gasteiger partial charge in [0.05, 0.1) is 0 Å². The van der Waals surface area contributed by atoms with Crippen LogP contribution in [0.4, 0.5) is 52.7 Å². The summed E-state index contributed by atoms with van der Waals surface area (Å²) in [5.41, 5.74) is -6.29. The zero-order valence-electron chi connectivity index (χ0n) is 28.4. The van der Waals surface area contributed by atoms with Crippen molar-refractivity contribution in [2.45, 2.75) is 136 Å². The molecular formula is C36H36F12FeP2. The molecule has 0 nitrogen and oxygen atoms in total. The number of hydrogen-bond donors (Lipinski definition) is 0. The molecule has 0 radical (unpaired) electrons. The summed E-state index contributed by atoms with van der Waals surface area (Å²) in [6.45, 7) is 10.0. The third kappa shape index (κ3) is 1.13. The van der Waals surface area contributed by atoms with E-state index in [1.165, 1.54) is 0 Å². The summed E-state index contributed by atoms with van der Waals surface area (Å²) in [5.74, 6) is 0. The fourth-order valence-electron chi connectivity index (χ4n) is 23.5. The minimum absolute atomic E-state index is 0.0136. The van der Waals surface area contributed by atoms with Crippen LogP contribution in [0.1, 0.15) is 70.7 Å². The number of benzene rings is 2. The molecule has 0 bridgehead atoms. The molecule has 2 aromatic carbocycles. The van der Waals surface area contributed by atoms with Crippen molar-refractivity contribution >= 4 is 26.5 Å². The molecule has 10 saturated heterocycles. The van der Waals surface area contributed by atoms with Gasteiger partial charge in [-0.1, -0.05) is 0 Å². The van der Waals surface area contributed by atoms with Crippen molar-refractivity contribution in [3.05, 3.63) is 58.7 Å². The molecule has 10 aliphatic rings. The van der Waals surface area contributed by atoms with Gasteiger partial charge in [-0.15, -0.1) is 0 Å². The molecule has 51 heavy (non-hydrogen) atoms. The number of halogens is 12. The van der Waals surface area contributed by atoms with Crippen LogP contribution in [0.15, 0.2) is 36.4 Å². The van der Waals surface area contributed by atoms with Crippen LogP contribution >= 0.6 is 15.8 Å². The van der Waals surface area contributed by atoms with E-state index >= 15 is 0 Å². The third-order valence-electron chi connectivity index (χ3n) is 21.3. The summed E-state index contributed by atoms with van der Waals surface area (Å²) in [4.78, 5) is 2.89.